The van der Waals surface area contributed by atoms with Crippen LogP contribution in [0.3, 0.4) is 0 Å². The molecular formula is C14H21Cl2FN2. The first-order valence-corrected chi connectivity index (χ1v) is 6.86. The third-order valence-electron chi connectivity index (χ3n) is 3.80. The lowest BCUT2D eigenvalue weighted by Crippen LogP contribution is -2.39. The Morgan fingerprint density at radius 3 is 2.63 bits per heavy atom. The van der Waals surface area contributed by atoms with E-state index in [0.717, 1.165) is 25.9 Å². The number of piperidine rings is 1. The maximum atomic E-state index is 13.8. The number of likely N-dealkylation sites (tertiary alicyclic amines) is 1. The first kappa shape index (κ1) is 16.7. The zero-order chi connectivity index (χ0) is 13.1. The van der Waals surface area contributed by atoms with E-state index < -0.39 is 0 Å². The smallest absolute Gasteiger partial charge is 0.146 e. The summed E-state index contributed by atoms with van der Waals surface area (Å²) in [5.41, 5.74) is 6.60. The lowest BCUT2D eigenvalue weighted by molar-refractivity contribution is 0.164. The molecule has 0 bridgehead atoms. The second-order valence-electron chi connectivity index (χ2n) is 5.19. The standard InChI is InChI=1S/C14H20ClFN2.ClH/c1-10(17)11-5-7-18(8-6-11)9-12-3-2-4-13(15)14(12)16;/h2-4,10-11H,5-9,17H2,1H3;1H. The molecule has 2 nitrogen and oxygen atoms in total. The summed E-state index contributed by atoms with van der Waals surface area (Å²) in [7, 11) is 0. The zero-order valence-corrected chi connectivity index (χ0v) is 12.7. The Labute approximate surface area is 125 Å². The number of halogens is 3. The highest BCUT2D eigenvalue weighted by Crippen LogP contribution is 2.23. The van der Waals surface area contributed by atoms with Crippen molar-refractivity contribution in [3.63, 3.8) is 0 Å². The molecule has 2 rings (SSSR count). The fourth-order valence-corrected chi connectivity index (χ4v) is 2.74. The Hall–Kier alpha value is -0.350. The molecule has 0 aliphatic carbocycles. The van der Waals surface area contributed by atoms with Crippen LogP contribution < -0.4 is 5.73 Å². The van der Waals surface area contributed by atoms with Crippen LogP contribution in [-0.4, -0.2) is 24.0 Å². The largest absolute Gasteiger partial charge is 0.328 e. The van der Waals surface area contributed by atoms with Crippen LogP contribution in [0.1, 0.15) is 25.3 Å². The highest BCUT2D eigenvalue weighted by molar-refractivity contribution is 6.30. The molecule has 1 aromatic rings. The molecule has 1 fully saturated rings. The van der Waals surface area contributed by atoms with Gasteiger partial charge in [0.2, 0.25) is 0 Å². The zero-order valence-electron chi connectivity index (χ0n) is 11.1. The van der Waals surface area contributed by atoms with Crippen LogP contribution in [0.5, 0.6) is 0 Å². The molecule has 1 heterocycles. The Bertz CT molecular complexity index is 404. The van der Waals surface area contributed by atoms with Crippen molar-refractivity contribution in [1.82, 2.24) is 4.90 Å². The van der Waals surface area contributed by atoms with E-state index in [1.807, 2.05) is 0 Å². The molecule has 0 saturated carbocycles. The van der Waals surface area contributed by atoms with Gasteiger partial charge >= 0.3 is 0 Å². The van der Waals surface area contributed by atoms with Gasteiger partial charge in [0.05, 0.1) is 5.02 Å². The van der Waals surface area contributed by atoms with Gasteiger partial charge in [-0.15, -0.1) is 12.4 Å². The van der Waals surface area contributed by atoms with Gasteiger partial charge in [0, 0.05) is 18.2 Å². The summed E-state index contributed by atoms with van der Waals surface area (Å²) in [5.74, 6) is 0.318. The maximum Gasteiger partial charge on any atom is 0.146 e. The SMILES string of the molecule is CC(N)C1CCN(Cc2cccc(Cl)c2F)CC1.Cl. The molecule has 0 aromatic heterocycles. The monoisotopic (exact) mass is 306 g/mol. The van der Waals surface area contributed by atoms with E-state index >= 15 is 0 Å². The molecule has 0 radical (unpaired) electrons. The normalized spacial score (nSPS) is 18.9. The summed E-state index contributed by atoms with van der Waals surface area (Å²) in [6, 6.07) is 5.45. The van der Waals surface area contributed by atoms with E-state index in [-0.39, 0.29) is 29.3 Å². The topological polar surface area (TPSA) is 29.3 Å². The lowest BCUT2D eigenvalue weighted by atomic mass is 9.91. The van der Waals surface area contributed by atoms with Gasteiger partial charge in [0.1, 0.15) is 5.82 Å². The molecule has 1 saturated heterocycles. The molecule has 1 unspecified atom stereocenters. The van der Waals surface area contributed by atoms with Crippen molar-refractivity contribution >= 4 is 24.0 Å². The van der Waals surface area contributed by atoms with Crippen LogP contribution in [0.25, 0.3) is 0 Å². The Kier molecular flexibility index (Phi) is 6.54. The Morgan fingerprint density at radius 2 is 2.05 bits per heavy atom. The van der Waals surface area contributed by atoms with E-state index in [9.17, 15) is 4.39 Å². The van der Waals surface area contributed by atoms with Gasteiger partial charge < -0.3 is 5.73 Å². The van der Waals surface area contributed by atoms with E-state index in [2.05, 4.69) is 11.8 Å². The van der Waals surface area contributed by atoms with Gasteiger partial charge in [-0.1, -0.05) is 23.7 Å². The molecule has 1 aliphatic rings. The van der Waals surface area contributed by atoms with Crippen molar-refractivity contribution in [3.8, 4) is 0 Å². The number of rotatable bonds is 3. The van der Waals surface area contributed by atoms with Crippen molar-refractivity contribution < 1.29 is 4.39 Å². The Morgan fingerprint density at radius 1 is 1.42 bits per heavy atom. The average molecular weight is 307 g/mol. The van der Waals surface area contributed by atoms with Crippen LogP contribution in [0.15, 0.2) is 18.2 Å². The highest BCUT2D eigenvalue weighted by Gasteiger charge is 2.22. The Balaban J connectivity index is 0.00000180. The molecule has 108 valence electrons. The molecule has 5 heteroatoms. The summed E-state index contributed by atoms with van der Waals surface area (Å²) < 4.78 is 13.8. The number of hydrogen-bond donors (Lipinski definition) is 1. The third kappa shape index (κ3) is 4.32. The molecule has 2 N–H and O–H groups in total. The summed E-state index contributed by atoms with van der Waals surface area (Å²) in [4.78, 5) is 2.27. The predicted molar refractivity (Wildman–Crippen MR) is 80.3 cm³/mol. The first-order valence-electron chi connectivity index (χ1n) is 6.48. The fraction of sp³-hybridized carbons (Fsp3) is 0.571. The van der Waals surface area contributed by atoms with E-state index in [0.29, 0.717) is 18.0 Å². The van der Waals surface area contributed by atoms with E-state index in [1.54, 1.807) is 18.2 Å². The van der Waals surface area contributed by atoms with Gasteiger partial charge in [-0.2, -0.15) is 0 Å². The quantitative estimate of drug-likeness (QED) is 0.926. The van der Waals surface area contributed by atoms with E-state index in [4.69, 9.17) is 17.3 Å². The van der Waals surface area contributed by atoms with Gasteiger partial charge in [-0.3, -0.25) is 4.90 Å². The number of nitrogens with zero attached hydrogens (tertiary/aromatic N) is 1. The van der Waals surface area contributed by atoms with Crippen LogP contribution in [0, 0.1) is 11.7 Å². The van der Waals surface area contributed by atoms with Gasteiger partial charge in [0.25, 0.3) is 0 Å². The predicted octanol–water partition coefficient (Wildman–Crippen LogP) is 3.46. The van der Waals surface area contributed by atoms with Crippen LogP contribution in [0.4, 0.5) is 4.39 Å². The average Bonchev–Trinajstić information content (AvgIpc) is 2.36. The van der Waals surface area contributed by atoms with Crippen molar-refractivity contribution in [3.05, 3.63) is 34.6 Å². The van der Waals surface area contributed by atoms with Crippen molar-refractivity contribution in [2.75, 3.05) is 13.1 Å². The minimum absolute atomic E-state index is 0. The van der Waals surface area contributed by atoms with Crippen LogP contribution in [0.2, 0.25) is 5.02 Å². The van der Waals surface area contributed by atoms with Crippen LogP contribution in [-0.2, 0) is 6.54 Å². The molecule has 1 atom stereocenters. The first-order chi connectivity index (χ1) is 8.58. The molecule has 19 heavy (non-hydrogen) atoms. The van der Waals surface area contributed by atoms with Crippen molar-refractivity contribution in [2.24, 2.45) is 11.7 Å². The van der Waals surface area contributed by atoms with Crippen molar-refractivity contribution in [1.29, 1.82) is 0 Å². The van der Waals surface area contributed by atoms with Crippen molar-refractivity contribution in [2.45, 2.75) is 32.4 Å². The second kappa shape index (κ2) is 7.44. The number of benzene rings is 1. The van der Waals surface area contributed by atoms with Gasteiger partial charge in [0.15, 0.2) is 0 Å². The fourth-order valence-electron chi connectivity index (χ4n) is 2.55. The molecular weight excluding hydrogens is 286 g/mol. The van der Waals surface area contributed by atoms with Crippen LogP contribution >= 0.6 is 24.0 Å². The summed E-state index contributed by atoms with van der Waals surface area (Å²) in [5, 5.41) is 0.206. The molecule has 1 aliphatic heterocycles. The lowest BCUT2D eigenvalue weighted by Gasteiger charge is -2.33. The molecule has 0 spiro atoms. The minimum Gasteiger partial charge on any atom is -0.328 e. The summed E-state index contributed by atoms with van der Waals surface area (Å²) in [6.45, 7) is 4.67. The third-order valence-corrected chi connectivity index (χ3v) is 4.09. The van der Waals surface area contributed by atoms with Gasteiger partial charge in [-0.25, -0.2) is 4.39 Å². The highest BCUT2D eigenvalue weighted by atomic mass is 35.5. The molecule has 1 aromatic carbocycles. The minimum atomic E-state index is -0.284. The maximum absolute atomic E-state index is 13.8. The summed E-state index contributed by atoms with van der Waals surface area (Å²) >= 11 is 5.79. The summed E-state index contributed by atoms with van der Waals surface area (Å²) in [6.07, 6.45) is 2.19. The molecule has 0 amide bonds. The van der Waals surface area contributed by atoms with Gasteiger partial charge in [-0.05, 0) is 44.8 Å². The second-order valence-corrected chi connectivity index (χ2v) is 5.59. The number of hydrogen-bond acceptors (Lipinski definition) is 2. The number of nitrogens with two attached hydrogens (primary N) is 1. The van der Waals surface area contributed by atoms with E-state index in [1.165, 1.54) is 0 Å².